The summed E-state index contributed by atoms with van der Waals surface area (Å²) >= 11 is 1.26. The lowest BCUT2D eigenvalue weighted by Crippen LogP contribution is -2.14. The van der Waals surface area contributed by atoms with Crippen molar-refractivity contribution in [1.82, 2.24) is 9.97 Å². The first-order valence-corrected chi connectivity index (χ1v) is 9.34. The molecule has 0 saturated heterocycles. The number of aromatic nitrogens is 2. The summed E-state index contributed by atoms with van der Waals surface area (Å²) in [5.41, 5.74) is 0.0934. The van der Waals surface area contributed by atoms with Gasteiger partial charge in [-0.05, 0) is 30.9 Å². The van der Waals surface area contributed by atoms with Gasteiger partial charge in [0.2, 0.25) is 0 Å². The second kappa shape index (κ2) is 9.23. The van der Waals surface area contributed by atoms with Gasteiger partial charge in [-0.2, -0.15) is 5.26 Å². The molecule has 5 nitrogen and oxygen atoms in total. The van der Waals surface area contributed by atoms with Crippen LogP contribution in [0.25, 0.3) is 11.3 Å². The van der Waals surface area contributed by atoms with Gasteiger partial charge in [0.1, 0.15) is 11.6 Å². The minimum Gasteiger partial charge on any atom is -0.490 e. The van der Waals surface area contributed by atoms with Gasteiger partial charge in [0.15, 0.2) is 16.7 Å². The molecule has 2 rings (SSSR count). The number of nitrogens with one attached hydrogen (secondary N) is 1. The van der Waals surface area contributed by atoms with Crippen LogP contribution in [-0.4, -0.2) is 22.8 Å². The van der Waals surface area contributed by atoms with Gasteiger partial charge in [0.25, 0.3) is 5.56 Å². The molecule has 1 heterocycles. The number of nitrogens with zero attached hydrogens (tertiary/aromatic N) is 2. The maximum atomic E-state index is 14.0. The number of halogens is 1. The molecule has 0 aliphatic rings. The van der Waals surface area contributed by atoms with Gasteiger partial charge in [-0.25, -0.2) is 9.37 Å². The minimum atomic E-state index is -0.511. The first-order valence-electron chi connectivity index (χ1n) is 8.11. The van der Waals surface area contributed by atoms with Crippen LogP contribution in [0.3, 0.4) is 0 Å². The number of rotatable bonds is 8. The van der Waals surface area contributed by atoms with Crippen LogP contribution in [-0.2, 0) is 0 Å². The van der Waals surface area contributed by atoms with Gasteiger partial charge in [-0.1, -0.05) is 37.9 Å². The Bertz CT molecular complexity index is 830. The number of hydrogen-bond acceptors (Lipinski definition) is 5. The summed E-state index contributed by atoms with van der Waals surface area (Å²) in [5.74, 6) is -0.377. The lowest BCUT2D eigenvalue weighted by Gasteiger charge is -2.10. The zero-order valence-corrected chi connectivity index (χ0v) is 15.1. The molecule has 2 aromatic rings. The molecular formula is C18H20FN3O2S. The van der Waals surface area contributed by atoms with Crippen LogP contribution in [0.2, 0.25) is 0 Å². The average molecular weight is 361 g/mol. The van der Waals surface area contributed by atoms with Gasteiger partial charge in [-0.3, -0.25) is 4.79 Å². The van der Waals surface area contributed by atoms with Gasteiger partial charge < -0.3 is 9.72 Å². The number of H-pyrrole nitrogens is 1. The van der Waals surface area contributed by atoms with Crippen LogP contribution in [0.4, 0.5) is 4.39 Å². The number of ether oxygens (including phenoxy) is 1. The molecular weight excluding hydrogens is 341 g/mol. The summed E-state index contributed by atoms with van der Waals surface area (Å²) in [6.07, 6.45) is 5.88. The van der Waals surface area contributed by atoms with E-state index in [1.807, 2.05) is 6.07 Å². The van der Waals surface area contributed by atoms with E-state index in [9.17, 15) is 14.4 Å². The third kappa shape index (κ3) is 4.83. The van der Waals surface area contributed by atoms with Crippen molar-refractivity contribution in [2.24, 2.45) is 0 Å². The van der Waals surface area contributed by atoms with Gasteiger partial charge in [-0.15, -0.1) is 0 Å². The standard InChI is InChI=1S/C18H20FN3O2S/c1-3-4-5-6-9-24-15-10-12(7-8-14(15)19)16-13(11-20)17(23)22-18(21-16)25-2/h7-8,10H,3-6,9H2,1-2H3,(H,21,22,23). The van der Waals surface area contributed by atoms with E-state index < -0.39 is 11.4 Å². The normalized spacial score (nSPS) is 10.5. The number of unbranched alkanes of at least 4 members (excludes halogenated alkanes) is 3. The van der Waals surface area contributed by atoms with Crippen LogP contribution in [0.1, 0.15) is 38.2 Å². The van der Waals surface area contributed by atoms with E-state index in [2.05, 4.69) is 16.9 Å². The third-order valence-corrected chi connectivity index (χ3v) is 4.24. The molecule has 0 fully saturated rings. The molecule has 0 radical (unpaired) electrons. The fourth-order valence-electron chi connectivity index (χ4n) is 2.33. The van der Waals surface area contributed by atoms with Crippen molar-refractivity contribution < 1.29 is 9.13 Å². The molecule has 25 heavy (non-hydrogen) atoms. The SMILES string of the molecule is CCCCCCOc1cc(-c2nc(SC)[nH]c(=O)c2C#N)ccc1F. The second-order valence-electron chi connectivity index (χ2n) is 5.46. The lowest BCUT2D eigenvalue weighted by atomic mass is 10.1. The molecule has 7 heteroatoms. The van der Waals surface area contributed by atoms with Gasteiger partial charge in [0, 0.05) is 5.56 Å². The molecule has 132 valence electrons. The van der Waals surface area contributed by atoms with Crippen molar-refractivity contribution in [2.45, 2.75) is 37.8 Å². The Hall–Kier alpha value is -2.33. The predicted molar refractivity (Wildman–Crippen MR) is 96.4 cm³/mol. The molecule has 1 aromatic carbocycles. The highest BCUT2D eigenvalue weighted by atomic mass is 32.2. The van der Waals surface area contributed by atoms with Gasteiger partial charge >= 0.3 is 0 Å². The summed E-state index contributed by atoms with van der Waals surface area (Å²) in [6, 6.07) is 6.11. The summed E-state index contributed by atoms with van der Waals surface area (Å²) in [7, 11) is 0. The number of hydrogen-bond donors (Lipinski definition) is 1. The first-order chi connectivity index (χ1) is 12.1. The Morgan fingerprint density at radius 1 is 1.36 bits per heavy atom. The first kappa shape index (κ1) is 19.0. The van der Waals surface area contributed by atoms with E-state index in [0.717, 1.165) is 25.7 Å². The molecule has 0 atom stereocenters. The average Bonchev–Trinajstić information content (AvgIpc) is 2.62. The number of benzene rings is 1. The van der Waals surface area contributed by atoms with E-state index in [-0.39, 0.29) is 17.0 Å². The lowest BCUT2D eigenvalue weighted by molar-refractivity contribution is 0.290. The highest BCUT2D eigenvalue weighted by molar-refractivity contribution is 7.98. The highest BCUT2D eigenvalue weighted by Gasteiger charge is 2.15. The molecule has 0 unspecified atom stereocenters. The van der Waals surface area contributed by atoms with Crippen molar-refractivity contribution in [1.29, 1.82) is 5.26 Å². The molecule has 1 N–H and O–H groups in total. The Labute approximate surface area is 150 Å². The molecule has 0 spiro atoms. The number of aromatic amines is 1. The smallest absolute Gasteiger partial charge is 0.270 e. The minimum absolute atomic E-state index is 0.0988. The molecule has 0 aliphatic carbocycles. The van der Waals surface area contributed by atoms with Crippen molar-refractivity contribution in [2.75, 3.05) is 12.9 Å². The van der Waals surface area contributed by atoms with E-state index in [1.54, 1.807) is 6.26 Å². The van der Waals surface area contributed by atoms with Gasteiger partial charge in [0.05, 0.1) is 12.3 Å². The molecule has 0 amide bonds. The van der Waals surface area contributed by atoms with Crippen molar-refractivity contribution >= 4 is 11.8 Å². The van der Waals surface area contributed by atoms with E-state index in [4.69, 9.17) is 4.74 Å². The van der Waals surface area contributed by atoms with E-state index in [0.29, 0.717) is 17.3 Å². The van der Waals surface area contributed by atoms with Crippen molar-refractivity contribution in [3.05, 3.63) is 39.9 Å². The van der Waals surface area contributed by atoms with E-state index >= 15 is 0 Å². The fourth-order valence-corrected chi connectivity index (χ4v) is 2.71. The zero-order valence-electron chi connectivity index (χ0n) is 14.3. The second-order valence-corrected chi connectivity index (χ2v) is 6.26. The van der Waals surface area contributed by atoms with Crippen molar-refractivity contribution in [3.8, 4) is 23.1 Å². The summed E-state index contributed by atoms with van der Waals surface area (Å²) in [6.45, 7) is 2.54. The van der Waals surface area contributed by atoms with Crippen LogP contribution in [0, 0.1) is 17.1 Å². The molecule has 0 aliphatic heterocycles. The van der Waals surface area contributed by atoms with Crippen molar-refractivity contribution in [3.63, 3.8) is 0 Å². The van der Waals surface area contributed by atoms with Crippen LogP contribution >= 0.6 is 11.8 Å². The number of thioether (sulfide) groups is 1. The topological polar surface area (TPSA) is 78.8 Å². The van der Waals surface area contributed by atoms with Crippen LogP contribution in [0.5, 0.6) is 5.75 Å². The molecule has 1 aromatic heterocycles. The van der Waals surface area contributed by atoms with E-state index in [1.165, 1.54) is 30.0 Å². The summed E-state index contributed by atoms with van der Waals surface area (Å²) in [5, 5.41) is 9.64. The molecule has 0 bridgehead atoms. The summed E-state index contributed by atoms with van der Waals surface area (Å²) in [4.78, 5) is 18.8. The fraction of sp³-hybridized carbons (Fsp3) is 0.389. The largest absolute Gasteiger partial charge is 0.490 e. The summed E-state index contributed by atoms with van der Waals surface area (Å²) < 4.78 is 19.5. The monoisotopic (exact) mass is 361 g/mol. The van der Waals surface area contributed by atoms with Crippen LogP contribution < -0.4 is 10.3 Å². The zero-order chi connectivity index (χ0) is 18.2. The maximum Gasteiger partial charge on any atom is 0.270 e. The highest BCUT2D eigenvalue weighted by Crippen LogP contribution is 2.27. The van der Waals surface area contributed by atoms with Crippen LogP contribution in [0.15, 0.2) is 28.2 Å². The Kier molecular flexibility index (Phi) is 7.02. The molecule has 0 saturated carbocycles. The Balaban J connectivity index is 2.32. The number of nitriles is 1. The predicted octanol–water partition coefficient (Wildman–Crippen LogP) is 4.13. The maximum absolute atomic E-state index is 14.0. The quantitative estimate of drug-likeness (QED) is 0.434. The third-order valence-electron chi connectivity index (χ3n) is 3.66. The Morgan fingerprint density at radius 3 is 2.84 bits per heavy atom. The Morgan fingerprint density at radius 2 is 2.16 bits per heavy atom.